The Morgan fingerprint density at radius 1 is 0.784 bits per heavy atom. The molecular formula is C52H66N4O18. The van der Waals surface area contributed by atoms with Crippen LogP contribution in [0.2, 0.25) is 0 Å². The number of aromatic amines is 1. The maximum absolute atomic E-state index is 13.4. The van der Waals surface area contributed by atoms with Gasteiger partial charge in [0.15, 0.2) is 24.7 Å². The van der Waals surface area contributed by atoms with Crippen LogP contribution < -0.4 is 26.0 Å². The molecule has 0 radical (unpaired) electrons. The van der Waals surface area contributed by atoms with Crippen molar-refractivity contribution < 1.29 is 76.4 Å². The van der Waals surface area contributed by atoms with Crippen LogP contribution in [0.4, 0.5) is 0 Å². The fraction of sp³-hybridized carbons (Fsp3) is 0.500. The largest absolute Gasteiger partial charge is 0.497 e. The highest BCUT2D eigenvalue weighted by atomic mass is 16.7. The first-order valence-electron chi connectivity index (χ1n) is 24.0. The standard InChI is InChI=1S/C52H66N4O18/c1-33-27-56(50(63)54-48(33)62)44-28-55(21-22-66-23-24-67-25-26-68-49-45(53-34(2)58)47(72-37(5)61)46(71-36(4)60)43(73-49)29-69-35(3)59)30-51(31-57,74-44)32-70-52(38-11-9-8-10-12-38,39-13-17-41(64-6)18-14-39)40-15-19-42(65-7)20-16-40/h8-20,27,43-47,49,57H,21-26,28-32H2,1-7H3,(H,53,58)(H,54,62,63)/t43-,44-,45-,46+,47-,49-,51-/m1/s1. The summed E-state index contributed by atoms with van der Waals surface area (Å²) in [5.41, 5.74) is -1.35. The number of amides is 1. The van der Waals surface area contributed by atoms with Crippen molar-refractivity contribution in [2.45, 2.75) is 82.7 Å². The molecule has 0 saturated carbocycles. The number of aryl methyl sites for hydroxylation is 1. The summed E-state index contributed by atoms with van der Waals surface area (Å²) in [4.78, 5) is 78.4. The van der Waals surface area contributed by atoms with Crippen LogP contribution in [0.5, 0.6) is 11.5 Å². The number of H-pyrrole nitrogens is 1. The number of aliphatic hydroxyl groups is 1. The van der Waals surface area contributed by atoms with Gasteiger partial charge in [-0.1, -0.05) is 54.6 Å². The van der Waals surface area contributed by atoms with Gasteiger partial charge in [-0.2, -0.15) is 0 Å². The molecule has 1 aromatic heterocycles. The Labute approximate surface area is 428 Å². The molecule has 22 heteroatoms. The summed E-state index contributed by atoms with van der Waals surface area (Å²) in [6.45, 7) is 6.31. The van der Waals surface area contributed by atoms with Crippen LogP contribution in [0.25, 0.3) is 0 Å². The molecule has 2 saturated heterocycles. The van der Waals surface area contributed by atoms with Crippen molar-refractivity contribution in [2.75, 3.05) is 86.7 Å². The van der Waals surface area contributed by atoms with Crippen molar-refractivity contribution >= 4 is 23.8 Å². The van der Waals surface area contributed by atoms with Gasteiger partial charge in [-0.3, -0.25) is 38.4 Å². The van der Waals surface area contributed by atoms with Crippen LogP contribution in [0, 0.1) is 6.92 Å². The Kier molecular flexibility index (Phi) is 20.4. The summed E-state index contributed by atoms with van der Waals surface area (Å²) in [7, 11) is 3.17. The minimum absolute atomic E-state index is 0.0330. The maximum Gasteiger partial charge on any atom is 0.330 e. The molecule has 0 aliphatic carbocycles. The van der Waals surface area contributed by atoms with E-state index in [0.717, 1.165) is 30.5 Å². The SMILES string of the molecule is COc1ccc(C(OC[C@]2(CO)CN(CCOCCOCCO[C@@H]3O[C@H](COC(C)=O)[C@H](OC(C)=O)[C@H](OC(C)=O)[C@H]3NC(C)=O)C[C@H](n3cc(C)c(=O)[nH]c3=O)O2)(c2ccccc2)c2ccc(OC)cc2)cc1. The van der Waals surface area contributed by atoms with Gasteiger partial charge in [0.05, 0.1) is 60.5 Å². The summed E-state index contributed by atoms with van der Waals surface area (Å²) in [5, 5.41) is 14.0. The van der Waals surface area contributed by atoms with Crippen molar-refractivity contribution in [3.05, 3.63) is 128 Å². The number of ether oxygens (including phenoxy) is 11. The molecule has 3 N–H and O–H groups in total. The highest BCUT2D eigenvalue weighted by Crippen LogP contribution is 2.43. The lowest BCUT2D eigenvalue weighted by molar-refractivity contribution is -0.279. The molecule has 0 spiro atoms. The summed E-state index contributed by atoms with van der Waals surface area (Å²) < 4.78 is 66.1. The fourth-order valence-electron chi connectivity index (χ4n) is 8.87. The number of aromatic nitrogens is 2. The lowest BCUT2D eigenvalue weighted by Crippen LogP contribution is -2.66. The Morgan fingerprint density at radius 2 is 1.36 bits per heavy atom. The normalized spacial score (nSPS) is 22.1. The van der Waals surface area contributed by atoms with Gasteiger partial charge in [-0.15, -0.1) is 0 Å². The molecule has 22 nitrogen and oxygen atoms in total. The number of nitrogens with zero attached hydrogens (tertiary/aromatic N) is 2. The summed E-state index contributed by atoms with van der Waals surface area (Å²) >= 11 is 0. The van der Waals surface area contributed by atoms with Gasteiger partial charge in [0.2, 0.25) is 5.91 Å². The molecule has 4 aromatic rings. The van der Waals surface area contributed by atoms with Crippen LogP contribution in [-0.4, -0.2) is 166 Å². The van der Waals surface area contributed by atoms with Gasteiger partial charge in [0.25, 0.3) is 5.56 Å². The molecule has 2 aliphatic heterocycles. The molecule has 2 fully saturated rings. The van der Waals surface area contributed by atoms with E-state index in [-0.39, 0.29) is 64.9 Å². The number of rotatable bonds is 25. The molecule has 3 heterocycles. The number of benzene rings is 3. The van der Waals surface area contributed by atoms with Gasteiger partial charge in [0.1, 0.15) is 41.5 Å². The quantitative estimate of drug-likeness (QED) is 0.0372. The lowest BCUT2D eigenvalue weighted by atomic mass is 9.79. The number of aliphatic hydroxyl groups excluding tert-OH is 1. The molecule has 0 unspecified atom stereocenters. The first-order chi connectivity index (χ1) is 35.5. The minimum Gasteiger partial charge on any atom is -0.497 e. The second-order valence-electron chi connectivity index (χ2n) is 17.7. The molecule has 0 bridgehead atoms. The van der Waals surface area contributed by atoms with Crippen molar-refractivity contribution in [1.82, 2.24) is 19.8 Å². The van der Waals surface area contributed by atoms with E-state index < -0.39 is 89.7 Å². The third-order valence-electron chi connectivity index (χ3n) is 12.3. The van der Waals surface area contributed by atoms with E-state index in [1.165, 1.54) is 24.6 Å². The van der Waals surface area contributed by atoms with Crippen molar-refractivity contribution in [3.63, 3.8) is 0 Å². The smallest absolute Gasteiger partial charge is 0.330 e. The van der Waals surface area contributed by atoms with Gasteiger partial charge >= 0.3 is 23.6 Å². The molecular weight excluding hydrogens is 969 g/mol. The van der Waals surface area contributed by atoms with Crippen LogP contribution in [0.1, 0.15) is 56.2 Å². The fourth-order valence-corrected chi connectivity index (χ4v) is 8.87. The number of carbonyl (C=O) groups excluding carboxylic acids is 4. The summed E-state index contributed by atoms with van der Waals surface area (Å²) in [5.74, 6) is -1.33. The van der Waals surface area contributed by atoms with Crippen molar-refractivity contribution in [3.8, 4) is 11.5 Å². The molecule has 7 atom stereocenters. The highest BCUT2D eigenvalue weighted by molar-refractivity contribution is 5.73. The number of carbonyl (C=O) groups is 4. The zero-order chi connectivity index (χ0) is 53.4. The third-order valence-corrected chi connectivity index (χ3v) is 12.3. The zero-order valence-electron chi connectivity index (χ0n) is 42.6. The average Bonchev–Trinajstić information content (AvgIpc) is 3.38. The number of hydrogen-bond acceptors (Lipinski definition) is 19. The van der Waals surface area contributed by atoms with Crippen LogP contribution in [0.3, 0.4) is 0 Å². The Hall–Kier alpha value is -6.50. The predicted octanol–water partition coefficient (Wildman–Crippen LogP) is 2.14. The van der Waals surface area contributed by atoms with Crippen LogP contribution in [0.15, 0.2) is 94.6 Å². The number of morpholine rings is 1. The molecule has 2 aliphatic rings. The van der Waals surface area contributed by atoms with E-state index in [4.69, 9.17) is 52.1 Å². The molecule has 402 valence electrons. The number of esters is 3. The monoisotopic (exact) mass is 1030 g/mol. The van der Waals surface area contributed by atoms with Crippen LogP contribution in [-0.2, 0) is 67.4 Å². The van der Waals surface area contributed by atoms with Gasteiger partial charge < -0.3 is 62.5 Å². The topological polar surface area (TPSA) is 260 Å². The van der Waals surface area contributed by atoms with Crippen molar-refractivity contribution in [1.29, 1.82) is 0 Å². The van der Waals surface area contributed by atoms with E-state index in [1.807, 2.05) is 83.8 Å². The number of methoxy groups -OCH3 is 2. The molecule has 6 rings (SSSR count). The van der Waals surface area contributed by atoms with E-state index >= 15 is 0 Å². The minimum atomic E-state index is -1.44. The van der Waals surface area contributed by atoms with E-state index in [0.29, 0.717) is 18.0 Å². The highest BCUT2D eigenvalue weighted by Gasteiger charge is 2.52. The van der Waals surface area contributed by atoms with Gasteiger partial charge in [0, 0.05) is 59.1 Å². The summed E-state index contributed by atoms with van der Waals surface area (Å²) in [6.07, 6.45) is -4.46. The Morgan fingerprint density at radius 3 is 1.93 bits per heavy atom. The Balaban J connectivity index is 1.14. The van der Waals surface area contributed by atoms with E-state index in [2.05, 4.69) is 10.3 Å². The van der Waals surface area contributed by atoms with E-state index in [9.17, 15) is 33.9 Å². The summed E-state index contributed by atoms with van der Waals surface area (Å²) in [6, 6.07) is 23.6. The first-order valence-corrected chi connectivity index (χ1v) is 24.0. The Bertz CT molecular complexity index is 2550. The maximum atomic E-state index is 13.4. The molecule has 3 aromatic carbocycles. The second kappa shape index (κ2) is 26.6. The number of hydrogen-bond donors (Lipinski definition) is 3. The van der Waals surface area contributed by atoms with Crippen LogP contribution >= 0.6 is 0 Å². The van der Waals surface area contributed by atoms with Gasteiger partial charge in [-0.25, -0.2) is 4.79 Å². The van der Waals surface area contributed by atoms with Crippen molar-refractivity contribution in [2.24, 2.45) is 0 Å². The second-order valence-corrected chi connectivity index (χ2v) is 17.7. The first kappa shape index (κ1) is 56.8. The average molecular weight is 1040 g/mol. The lowest BCUT2D eigenvalue weighted by Gasteiger charge is -2.47. The zero-order valence-corrected chi connectivity index (χ0v) is 42.6. The number of nitrogens with one attached hydrogen (secondary N) is 2. The van der Waals surface area contributed by atoms with Gasteiger partial charge in [-0.05, 0) is 47.9 Å². The third kappa shape index (κ3) is 14.6. The van der Waals surface area contributed by atoms with E-state index in [1.54, 1.807) is 21.1 Å². The molecule has 74 heavy (non-hydrogen) atoms. The predicted molar refractivity (Wildman–Crippen MR) is 262 cm³/mol. The molecule has 1 amide bonds.